The first-order valence-electron chi connectivity index (χ1n) is 16.7. The predicted octanol–water partition coefficient (Wildman–Crippen LogP) is 8.72. The van der Waals surface area contributed by atoms with Crippen molar-refractivity contribution < 1.29 is 4.79 Å². The van der Waals surface area contributed by atoms with E-state index in [0.29, 0.717) is 18.9 Å². The van der Waals surface area contributed by atoms with E-state index in [1.165, 1.54) is 16.7 Å². The number of aromatic nitrogens is 3. The van der Waals surface area contributed by atoms with E-state index in [0.717, 1.165) is 67.2 Å². The van der Waals surface area contributed by atoms with Gasteiger partial charge in [0, 0.05) is 63.8 Å². The number of nitrogens with zero attached hydrogens (tertiary/aromatic N) is 5. The molecule has 45 heavy (non-hydrogen) atoms. The Hall–Kier alpha value is -4.13. The van der Waals surface area contributed by atoms with Gasteiger partial charge >= 0.3 is 0 Å². The molecule has 7 nitrogen and oxygen atoms in total. The molecule has 242 valence electrons. The smallest absolute Gasteiger partial charge is 0.224 e. The molecule has 0 saturated heterocycles. The SMILES string of the molecule is C/C=C1/C=CC=C/C(=C(/CC)C(C)CCN(CCC)C(=O)CCNc2c(-c3ccc(N(C)C)cc3)nc3cnccn23)C1.CC. The van der Waals surface area contributed by atoms with Crippen LogP contribution in [0.1, 0.15) is 73.6 Å². The zero-order valence-corrected chi connectivity index (χ0v) is 28.8. The molecule has 0 aliphatic heterocycles. The second-order valence-electron chi connectivity index (χ2n) is 11.5. The number of anilines is 2. The van der Waals surface area contributed by atoms with Crippen molar-refractivity contribution in [1.82, 2.24) is 19.3 Å². The number of hydrogen-bond donors (Lipinski definition) is 1. The average Bonchev–Trinajstić information content (AvgIpc) is 3.26. The van der Waals surface area contributed by atoms with Crippen molar-refractivity contribution in [3.8, 4) is 11.3 Å². The Morgan fingerprint density at radius 2 is 1.82 bits per heavy atom. The predicted molar refractivity (Wildman–Crippen MR) is 192 cm³/mol. The molecule has 0 fully saturated rings. The lowest BCUT2D eigenvalue weighted by Crippen LogP contribution is -2.34. The number of benzene rings is 1. The maximum Gasteiger partial charge on any atom is 0.224 e. The van der Waals surface area contributed by atoms with Crippen molar-refractivity contribution in [2.24, 2.45) is 5.92 Å². The summed E-state index contributed by atoms with van der Waals surface area (Å²) < 4.78 is 2.01. The van der Waals surface area contributed by atoms with Crippen molar-refractivity contribution >= 4 is 23.1 Å². The summed E-state index contributed by atoms with van der Waals surface area (Å²) in [6, 6.07) is 8.37. The number of imidazole rings is 1. The highest BCUT2D eigenvalue weighted by atomic mass is 16.2. The molecule has 1 atom stereocenters. The first-order valence-corrected chi connectivity index (χ1v) is 16.7. The maximum absolute atomic E-state index is 13.5. The van der Waals surface area contributed by atoms with Crippen molar-refractivity contribution in [3.63, 3.8) is 0 Å². The molecule has 1 aromatic carbocycles. The summed E-state index contributed by atoms with van der Waals surface area (Å²) in [5.41, 5.74) is 8.04. The summed E-state index contributed by atoms with van der Waals surface area (Å²) in [6.07, 6.45) is 20.7. The molecule has 2 heterocycles. The first kappa shape index (κ1) is 35.4. The van der Waals surface area contributed by atoms with Gasteiger partial charge < -0.3 is 15.1 Å². The fourth-order valence-corrected chi connectivity index (χ4v) is 5.79. The van der Waals surface area contributed by atoms with Crippen molar-refractivity contribution in [3.05, 3.63) is 90.0 Å². The van der Waals surface area contributed by atoms with Gasteiger partial charge in [0.1, 0.15) is 11.5 Å². The number of amides is 1. The van der Waals surface area contributed by atoms with E-state index in [-0.39, 0.29) is 5.91 Å². The van der Waals surface area contributed by atoms with Gasteiger partial charge in [0.25, 0.3) is 0 Å². The molecule has 1 N–H and O–H groups in total. The molecular formula is C38H54N6O. The molecule has 1 aliphatic rings. The minimum Gasteiger partial charge on any atom is -0.378 e. The lowest BCUT2D eigenvalue weighted by atomic mass is 9.88. The van der Waals surface area contributed by atoms with Gasteiger partial charge in [-0.1, -0.05) is 82.7 Å². The van der Waals surface area contributed by atoms with Crippen LogP contribution in [0.5, 0.6) is 0 Å². The summed E-state index contributed by atoms with van der Waals surface area (Å²) in [5, 5.41) is 3.54. The van der Waals surface area contributed by atoms with E-state index in [4.69, 9.17) is 4.98 Å². The number of rotatable bonds is 13. The molecule has 3 aromatic rings. The van der Waals surface area contributed by atoms with Crippen molar-refractivity contribution in [1.29, 1.82) is 0 Å². The zero-order chi connectivity index (χ0) is 32.8. The Labute approximate surface area is 271 Å². The van der Waals surface area contributed by atoms with Gasteiger partial charge in [-0.15, -0.1) is 0 Å². The Kier molecular flexibility index (Phi) is 14.1. The van der Waals surface area contributed by atoms with Gasteiger partial charge in [0.2, 0.25) is 5.91 Å². The number of nitrogens with one attached hydrogen (secondary N) is 1. The van der Waals surface area contributed by atoms with Crippen LogP contribution in [-0.2, 0) is 4.79 Å². The molecule has 0 spiro atoms. The average molecular weight is 611 g/mol. The fraction of sp³-hybridized carbons (Fsp3) is 0.447. The summed E-state index contributed by atoms with van der Waals surface area (Å²) >= 11 is 0. The van der Waals surface area contributed by atoms with E-state index < -0.39 is 0 Å². The van der Waals surface area contributed by atoms with E-state index >= 15 is 0 Å². The summed E-state index contributed by atoms with van der Waals surface area (Å²) in [4.78, 5) is 26.7. The topological polar surface area (TPSA) is 65.8 Å². The molecule has 2 aromatic heterocycles. The number of carbonyl (C=O) groups is 1. The van der Waals surface area contributed by atoms with Crippen LogP contribution in [0.3, 0.4) is 0 Å². The third-order valence-corrected chi connectivity index (χ3v) is 8.27. The lowest BCUT2D eigenvalue weighted by molar-refractivity contribution is -0.131. The van der Waals surface area contributed by atoms with E-state index in [2.05, 4.69) is 102 Å². The highest BCUT2D eigenvalue weighted by molar-refractivity contribution is 5.79. The van der Waals surface area contributed by atoms with E-state index in [1.54, 1.807) is 12.4 Å². The van der Waals surface area contributed by atoms with Gasteiger partial charge in [-0.2, -0.15) is 0 Å². The number of allylic oxidation sites excluding steroid dienone is 8. The molecule has 1 unspecified atom stereocenters. The molecule has 0 saturated carbocycles. The first-order chi connectivity index (χ1) is 21.9. The minimum absolute atomic E-state index is 0.189. The molecule has 1 aliphatic carbocycles. The van der Waals surface area contributed by atoms with Crippen LogP contribution in [0, 0.1) is 5.92 Å². The molecule has 0 radical (unpaired) electrons. The Morgan fingerprint density at radius 1 is 1.09 bits per heavy atom. The van der Waals surface area contributed by atoms with Gasteiger partial charge in [-0.05, 0) is 61.8 Å². The standard InChI is InChI=1S/C36H48N6O.C2H6/c1-7-22-41(23-19-27(4)32(9-3)30-13-11-10-12-28(8-2)25-30)34(43)18-20-38-36-35(39-33-26-37-21-24-42(33)36)29-14-16-31(17-15-29)40(5)6;1-2/h8,10-17,21,24,26-27,38H,7,9,18-20,22-23,25H2,1-6H3;1-2H3/b28-8-,32-30+;. The van der Waals surface area contributed by atoms with Crippen LogP contribution in [0.25, 0.3) is 16.9 Å². The van der Waals surface area contributed by atoms with Crippen molar-refractivity contribution in [2.45, 2.75) is 73.6 Å². The van der Waals surface area contributed by atoms with Crippen LogP contribution >= 0.6 is 0 Å². The molecule has 0 bridgehead atoms. The summed E-state index contributed by atoms with van der Waals surface area (Å²) in [7, 11) is 4.06. The molecule has 7 heteroatoms. The van der Waals surface area contributed by atoms with Crippen LogP contribution in [0.2, 0.25) is 0 Å². The number of fused-ring (bicyclic) bond motifs is 1. The normalized spacial score (nSPS) is 15.3. The van der Waals surface area contributed by atoms with E-state index in [1.807, 2.05) is 38.5 Å². The fourth-order valence-electron chi connectivity index (χ4n) is 5.79. The Morgan fingerprint density at radius 3 is 2.49 bits per heavy atom. The van der Waals surface area contributed by atoms with E-state index in [9.17, 15) is 4.79 Å². The second-order valence-corrected chi connectivity index (χ2v) is 11.5. The highest BCUT2D eigenvalue weighted by Gasteiger charge is 2.19. The van der Waals surface area contributed by atoms with Gasteiger partial charge in [-0.3, -0.25) is 14.2 Å². The summed E-state index contributed by atoms with van der Waals surface area (Å²) in [5.74, 6) is 1.48. The number of hydrogen-bond acceptors (Lipinski definition) is 5. The molecule has 4 rings (SSSR count). The number of carbonyl (C=O) groups excluding carboxylic acids is 1. The van der Waals surface area contributed by atoms with Gasteiger partial charge in [0.05, 0.1) is 6.20 Å². The van der Waals surface area contributed by atoms with Crippen LogP contribution in [0.15, 0.2) is 90.0 Å². The monoisotopic (exact) mass is 610 g/mol. The van der Waals surface area contributed by atoms with Crippen LogP contribution < -0.4 is 10.2 Å². The van der Waals surface area contributed by atoms with Crippen LogP contribution in [0.4, 0.5) is 11.5 Å². The summed E-state index contributed by atoms with van der Waals surface area (Å²) in [6.45, 7) is 14.9. The lowest BCUT2D eigenvalue weighted by Gasteiger charge is -2.26. The highest BCUT2D eigenvalue weighted by Crippen LogP contribution is 2.31. The third kappa shape index (κ3) is 9.43. The van der Waals surface area contributed by atoms with Gasteiger partial charge in [-0.25, -0.2) is 4.98 Å². The maximum atomic E-state index is 13.5. The molecule has 1 amide bonds. The van der Waals surface area contributed by atoms with Crippen molar-refractivity contribution in [2.75, 3.05) is 43.9 Å². The Bertz CT molecular complexity index is 1490. The molecular weight excluding hydrogens is 556 g/mol. The third-order valence-electron chi connectivity index (χ3n) is 8.27. The largest absolute Gasteiger partial charge is 0.378 e. The minimum atomic E-state index is 0.189. The second kappa shape index (κ2) is 18.0. The quantitative estimate of drug-likeness (QED) is 0.210. The zero-order valence-electron chi connectivity index (χ0n) is 28.8. The van der Waals surface area contributed by atoms with Gasteiger partial charge in [0.15, 0.2) is 5.65 Å². The Balaban J connectivity index is 0.00000271. The van der Waals surface area contributed by atoms with Crippen LogP contribution in [-0.4, -0.2) is 58.9 Å².